The molecule has 0 amide bonds. The van der Waals surface area contributed by atoms with Crippen molar-refractivity contribution < 1.29 is 8.83 Å². The summed E-state index contributed by atoms with van der Waals surface area (Å²) in [5, 5.41) is 7.00. The quantitative estimate of drug-likeness (QED) is 0.173. The Bertz CT molecular complexity index is 3200. The molecule has 0 N–H and O–H groups in total. The number of benzene rings is 9. The molecule has 2 heterocycles. The van der Waals surface area contributed by atoms with Gasteiger partial charge in [0.2, 0.25) is 0 Å². The summed E-state index contributed by atoms with van der Waals surface area (Å²) in [6, 6.07) is 71.0. The number of hydrogen-bond donors (Lipinski definition) is 0. The van der Waals surface area contributed by atoms with Crippen LogP contribution in [0.5, 0.6) is 0 Å². The first-order chi connectivity index (χ1) is 27.2. The van der Waals surface area contributed by atoms with Crippen LogP contribution < -0.4 is 4.90 Å². The zero-order chi connectivity index (χ0) is 36.3. The normalized spacial score (nSPS) is 11.6. The first-order valence-corrected chi connectivity index (χ1v) is 18.7. The van der Waals surface area contributed by atoms with Crippen molar-refractivity contribution in [3.05, 3.63) is 200 Å². The molecule has 0 unspecified atom stereocenters. The van der Waals surface area contributed by atoms with Gasteiger partial charge in [0.15, 0.2) is 0 Å². The highest BCUT2D eigenvalue weighted by Crippen LogP contribution is 2.41. The van der Waals surface area contributed by atoms with Crippen molar-refractivity contribution in [3.63, 3.8) is 0 Å². The topological polar surface area (TPSA) is 29.5 Å². The van der Waals surface area contributed by atoms with Crippen molar-refractivity contribution in [2.24, 2.45) is 0 Å². The Morgan fingerprint density at radius 3 is 1.65 bits per heavy atom. The van der Waals surface area contributed by atoms with Crippen LogP contribution >= 0.6 is 0 Å². The number of anilines is 3. The third-order valence-corrected chi connectivity index (χ3v) is 10.9. The second-order valence-corrected chi connectivity index (χ2v) is 14.1. The fourth-order valence-electron chi connectivity index (χ4n) is 8.21. The fourth-order valence-corrected chi connectivity index (χ4v) is 8.21. The SMILES string of the molecule is c1cc(-c2cccc3ccccc23)cc(N(c2ccc(-c3ccc4c(c3)oc3ccccc34)cc2)c2ccc(-c3cccc4c3oc3ccccc34)cc2)c1. The zero-order valence-electron chi connectivity index (χ0n) is 29.8. The highest BCUT2D eigenvalue weighted by molar-refractivity contribution is 6.10. The third kappa shape index (κ3) is 5.28. The minimum absolute atomic E-state index is 0.896. The maximum Gasteiger partial charge on any atom is 0.143 e. The van der Waals surface area contributed by atoms with E-state index in [1.54, 1.807) is 0 Å². The minimum atomic E-state index is 0.896. The molecule has 258 valence electrons. The molecule has 0 radical (unpaired) electrons. The molecule has 0 saturated heterocycles. The Labute approximate surface area is 317 Å². The van der Waals surface area contributed by atoms with Crippen LogP contribution in [-0.4, -0.2) is 0 Å². The number of nitrogens with zero attached hydrogens (tertiary/aromatic N) is 1. The first-order valence-electron chi connectivity index (χ1n) is 18.7. The standard InChI is InChI=1S/C52H33NO2/c1-2-14-42-35(10-1)11-8-17-43(42)38-12-7-13-41(32-38)53(39-27-22-34(23-28-39)37-26-31-47-45-15-3-5-20-49(45)54-51(47)33-37)40-29-24-36(25-30-40)44-18-9-19-48-46-16-4-6-21-50(46)55-52(44)48/h1-33H. The minimum Gasteiger partial charge on any atom is -0.456 e. The Morgan fingerprint density at radius 2 is 0.855 bits per heavy atom. The van der Waals surface area contributed by atoms with Crippen LogP contribution in [-0.2, 0) is 0 Å². The summed E-state index contributed by atoms with van der Waals surface area (Å²) in [7, 11) is 0. The maximum absolute atomic E-state index is 6.41. The molecule has 0 saturated carbocycles. The predicted octanol–water partition coefficient (Wildman–Crippen LogP) is 15.1. The van der Waals surface area contributed by atoms with Crippen LogP contribution in [0, 0.1) is 0 Å². The number of rotatable bonds is 6. The molecule has 0 aliphatic carbocycles. The smallest absolute Gasteiger partial charge is 0.143 e. The molecule has 11 rings (SSSR count). The van der Waals surface area contributed by atoms with Gasteiger partial charge in [0.1, 0.15) is 22.3 Å². The molecule has 3 nitrogen and oxygen atoms in total. The van der Waals surface area contributed by atoms with Gasteiger partial charge < -0.3 is 13.7 Å². The number of hydrogen-bond acceptors (Lipinski definition) is 3. The van der Waals surface area contributed by atoms with Gasteiger partial charge in [-0.3, -0.25) is 0 Å². The van der Waals surface area contributed by atoms with Gasteiger partial charge in [-0.15, -0.1) is 0 Å². The van der Waals surface area contributed by atoms with Gasteiger partial charge in [0.25, 0.3) is 0 Å². The van der Waals surface area contributed by atoms with Gasteiger partial charge in [-0.2, -0.15) is 0 Å². The first kappa shape index (κ1) is 31.2. The lowest BCUT2D eigenvalue weighted by Gasteiger charge is -2.26. The lowest BCUT2D eigenvalue weighted by atomic mass is 9.97. The summed E-state index contributed by atoms with van der Waals surface area (Å²) in [4.78, 5) is 2.34. The molecular weight excluding hydrogens is 671 g/mol. The largest absolute Gasteiger partial charge is 0.456 e. The van der Waals surface area contributed by atoms with E-state index in [-0.39, 0.29) is 0 Å². The van der Waals surface area contributed by atoms with E-state index in [1.807, 2.05) is 24.3 Å². The van der Waals surface area contributed by atoms with Gasteiger partial charge in [0.05, 0.1) is 0 Å². The molecular formula is C52H33NO2. The molecule has 55 heavy (non-hydrogen) atoms. The average molecular weight is 704 g/mol. The maximum atomic E-state index is 6.41. The second-order valence-electron chi connectivity index (χ2n) is 14.1. The van der Waals surface area contributed by atoms with Crippen LogP contribution in [0.1, 0.15) is 0 Å². The molecule has 0 atom stereocenters. The summed E-state index contributed by atoms with van der Waals surface area (Å²) in [5.74, 6) is 0. The second kappa shape index (κ2) is 12.6. The average Bonchev–Trinajstić information content (AvgIpc) is 3.82. The van der Waals surface area contributed by atoms with E-state index >= 15 is 0 Å². The van der Waals surface area contributed by atoms with E-state index in [0.717, 1.165) is 83.2 Å². The number of fused-ring (bicyclic) bond motifs is 7. The summed E-state index contributed by atoms with van der Waals surface area (Å²) in [5.41, 5.74) is 13.6. The lowest BCUT2D eigenvalue weighted by molar-refractivity contribution is 0.669. The van der Waals surface area contributed by atoms with Crippen LogP contribution in [0.2, 0.25) is 0 Å². The molecule has 2 aromatic heterocycles. The Balaban J connectivity index is 1.01. The van der Waals surface area contributed by atoms with Crippen LogP contribution in [0.4, 0.5) is 17.1 Å². The third-order valence-electron chi connectivity index (χ3n) is 10.9. The van der Waals surface area contributed by atoms with Gasteiger partial charge in [0, 0.05) is 44.2 Å². The molecule has 0 fully saturated rings. The highest BCUT2D eigenvalue weighted by Gasteiger charge is 2.17. The molecule has 0 bridgehead atoms. The molecule has 0 spiro atoms. The molecule has 11 aromatic rings. The Morgan fingerprint density at radius 1 is 0.291 bits per heavy atom. The molecule has 0 aliphatic rings. The van der Waals surface area contributed by atoms with E-state index in [0.29, 0.717) is 0 Å². The van der Waals surface area contributed by atoms with Crippen molar-refractivity contribution in [2.75, 3.05) is 4.90 Å². The number of para-hydroxylation sites is 3. The van der Waals surface area contributed by atoms with Crippen molar-refractivity contribution >= 4 is 71.7 Å². The summed E-state index contributed by atoms with van der Waals surface area (Å²) in [6.45, 7) is 0. The van der Waals surface area contributed by atoms with Crippen LogP contribution in [0.25, 0.3) is 88.0 Å². The summed E-state index contributed by atoms with van der Waals surface area (Å²) < 4.78 is 12.6. The van der Waals surface area contributed by atoms with E-state index in [9.17, 15) is 0 Å². The lowest BCUT2D eigenvalue weighted by Crippen LogP contribution is -2.10. The molecule has 3 heteroatoms. The van der Waals surface area contributed by atoms with Crippen molar-refractivity contribution in [1.29, 1.82) is 0 Å². The molecule has 9 aromatic carbocycles. The predicted molar refractivity (Wildman–Crippen MR) is 229 cm³/mol. The van der Waals surface area contributed by atoms with Crippen molar-refractivity contribution in [2.45, 2.75) is 0 Å². The van der Waals surface area contributed by atoms with E-state index in [2.05, 4.69) is 181 Å². The van der Waals surface area contributed by atoms with Gasteiger partial charge in [-0.05, 0) is 99.3 Å². The van der Waals surface area contributed by atoms with E-state index in [4.69, 9.17) is 8.83 Å². The monoisotopic (exact) mass is 703 g/mol. The van der Waals surface area contributed by atoms with Crippen LogP contribution in [0.15, 0.2) is 209 Å². The fraction of sp³-hybridized carbons (Fsp3) is 0. The number of furan rings is 2. The Kier molecular flexibility index (Phi) is 7.17. The zero-order valence-corrected chi connectivity index (χ0v) is 29.8. The van der Waals surface area contributed by atoms with E-state index < -0.39 is 0 Å². The van der Waals surface area contributed by atoms with Crippen LogP contribution in [0.3, 0.4) is 0 Å². The summed E-state index contributed by atoms with van der Waals surface area (Å²) >= 11 is 0. The van der Waals surface area contributed by atoms with Gasteiger partial charge in [-0.1, -0.05) is 140 Å². The van der Waals surface area contributed by atoms with Crippen molar-refractivity contribution in [3.8, 4) is 33.4 Å². The van der Waals surface area contributed by atoms with Gasteiger partial charge >= 0.3 is 0 Å². The van der Waals surface area contributed by atoms with Crippen molar-refractivity contribution in [1.82, 2.24) is 0 Å². The Hall–Kier alpha value is -7.36. The molecule has 0 aliphatic heterocycles. The highest BCUT2D eigenvalue weighted by atomic mass is 16.3. The van der Waals surface area contributed by atoms with E-state index in [1.165, 1.54) is 21.9 Å². The summed E-state index contributed by atoms with van der Waals surface area (Å²) in [6.07, 6.45) is 0. The van der Waals surface area contributed by atoms with Gasteiger partial charge in [-0.25, -0.2) is 0 Å².